The Morgan fingerprint density at radius 1 is 1.21 bits per heavy atom. The van der Waals surface area contributed by atoms with E-state index >= 15 is 0 Å². The molecule has 0 bridgehead atoms. The van der Waals surface area contributed by atoms with E-state index in [1.54, 1.807) is 0 Å². The van der Waals surface area contributed by atoms with Crippen LogP contribution in [0.2, 0.25) is 5.02 Å². The molecule has 0 aliphatic heterocycles. The van der Waals surface area contributed by atoms with Crippen molar-refractivity contribution in [2.45, 2.75) is 50.3 Å². The number of hydrogen-bond acceptors (Lipinski definition) is 6. The van der Waals surface area contributed by atoms with Crippen molar-refractivity contribution in [1.82, 2.24) is 19.1 Å². The zero-order valence-corrected chi connectivity index (χ0v) is 19.6. The summed E-state index contributed by atoms with van der Waals surface area (Å²) in [6, 6.07) is 2.21. The molecule has 3 aromatic heterocycles. The molecule has 0 atom stereocenters. The summed E-state index contributed by atoms with van der Waals surface area (Å²) in [5.41, 5.74) is -2.39. The molecule has 1 fully saturated rings. The fourth-order valence-corrected chi connectivity index (χ4v) is 4.94. The van der Waals surface area contributed by atoms with E-state index in [0.29, 0.717) is 4.57 Å². The molecule has 4 rings (SSSR count). The van der Waals surface area contributed by atoms with Crippen LogP contribution in [0.5, 0.6) is 0 Å². The number of aryl methyl sites for hydroxylation is 1. The van der Waals surface area contributed by atoms with Crippen LogP contribution in [0.25, 0.3) is 22.6 Å². The van der Waals surface area contributed by atoms with Gasteiger partial charge in [0.15, 0.2) is 15.7 Å². The summed E-state index contributed by atoms with van der Waals surface area (Å²) in [4.78, 5) is 21.3. The maximum atomic E-state index is 13.6. The number of rotatable bonds is 6. The lowest BCUT2D eigenvalue weighted by Crippen LogP contribution is -2.28. The first kappa shape index (κ1) is 23.6. The van der Waals surface area contributed by atoms with Gasteiger partial charge in [-0.2, -0.15) is 13.2 Å². The molecular formula is C20H21ClF3N5O3S. The van der Waals surface area contributed by atoms with E-state index in [2.05, 4.69) is 15.3 Å². The number of sulfone groups is 1. The van der Waals surface area contributed by atoms with Crippen molar-refractivity contribution in [1.29, 1.82) is 0 Å². The van der Waals surface area contributed by atoms with Crippen LogP contribution in [0.15, 0.2) is 21.8 Å². The van der Waals surface area contributed by atoms with Gasteiger partial charge < -0.3 is 14.5 Å². The smallest absolute Gasteiger partial charge is 0.366 e. The summed E-state index contributed by atoms with van der Waals surface area (Å²) in [7, 11) is -2.39. The molecular weight excluding hydrogens is 483 g/mol. The van der Waals surface area contributed by atoms with Gasteiger partial charge in [-0.05, 0) is 31.9 Å². The third-order valence-corrected chi connectivity index (χ3v) is 7.56. The number of imidazole rings is 1. The third-order valence-electron chi connectivity index (χ3n) is 5.53. The number of alkyl halides is 3. The Balaban J connectivity index is 2.05. The van der Waals surface area contributed by atoms with Crippen LogP contribution in [-0.2, 0) is 29.6 Å². The van der Waals surface area contributed by atoms with Crippen LogP contribution in [0.3, 0.4) is 0 Å². The van der Waals surface area contributed by atoms with Gasteiger partial charge in [0.1, 0.15) is 22.7 Å². The fraction of sp³-hybridized carbons (Fsp3) is 0.450. The lowest BCUT2D eigenvalue weighted by molar-refractivity contribution is -0.144. The molecule has 3 aromatic rings. The molecule has 178 valence electrons. The van der Waals surface area contributed by atoms with Crippen LogP contribution in [0.1, 0.15) is 32.4 Å². The summed E-state index contributed by atoms with van der Waals surface area (Å²) in [5.74, 6) is -0.0528. The standard InChI is InChI=1S/C20H21ClF3N5O3S/c1-4-29-14(20(22,23)24)9-12-16(19(29)30)28(3)18(26-12)15-13(33(31,32)5-2)8-11(21)17(27-15)25-10-6-7-10/h8-10H,4-7H2,1-3H3,(H,25,27). The van der Waals surface area contributed by atoms with Gasteiger partial charge in [0.05, 0.1) is 21.2 Å². The Morgan fingerprint density at radius 2 is 1.88 bits per heavy atom. The highest BCUT2D eigenvalue weighted by molar-refractivity contribution is 7.91. The van der Waals surface area contributed by atoms with Crippen LogP contribution in [0.4, 0.5) is 19.0 Å². The Hall–Kier alpha value is -2.60. The van der Waals surface area contributed by atoms with Crippen LogP contribution in [0, 0.1) is 0 Å². The minimum atomic E-state index is -4.77. The van der Waals surface area contributed by atoms with Crippen LogP contribution in [-0.4, -0.2) is 39.3 Å². The molecule has 0 aromatic carbocycles. The predicted octanol–water partition coefficient (Wildman–Crippen LogP) is 3.86. The molecule has 3 heterocycles. The van der Waals surface area contributed by atoms with Crippen LogP contribution >= 0.6 is 11.6 Å². The number of pyridine rings is 2. The minimum absolute atomic E-state index is 0.0494. The zero-order valence-electron chi connectivity index (χ0n) is 18.0. The Bertz CT molecular complexity index is 1430. The second-order valence-corrected chi connectivity index (χ2v) is 10.4. The predicted molar refractivity (Wildman–Crippen MR) is 118 cm³/mol. The van der Waals surface area contributed by atoms with E-state index in [4.69, 9.17) is 11.6 Å². The highest BCUT2D eigenvalue weighted by Crippen LogP contribution is 2.36. The van der Waals surface area contributed by atoms with Gasteiger partial charge in [-0.1, -0.05) is 18.5 Å². The Kier molecular flexibility index (Phi) is 5.72. The minimum Gasteiger partial charge on any atom is -0.366 e. The van der Waals surface area contributed by atoms with E-state index in [9.17, 15) is 26.4 Å². The maximum absolute atomic E-state index is 13.6. The van der Waals surface area contributed by atoms with Crippen molar-refractivity contribution in [2.75, 3.05) is 11.1 Å². The van der Waals surface area contributed by atoms with Crippen molar-refractivity contribution in [3.8, 4) is 11.5 Å². The number of nitrogens with one attached hydrogen (secondary N) is 1. The molecule has 1 saturated carbocycles. The Morgan fingerprint density at radius 3 is 2.42 bits per heavy atom. The molecule has 33 heavy (non-hydrogen) atoms. The second kappa shape index (κ2) is 8.01. The first-order valence-corrected chi connectivity index (χ1v) is 12.3. The normalized spacial score (nSPS) is 14.8. The van der Waals surface area contributed by atoms with Gasteiger partial charge in [0.25, 0.3) is 5.56 Å². The zero-order chi connectivity index (χ0) is 24.3. The molecule has 8 nitrogen and oxygen atoms in total. The summed E-state index contributed by atoms with van der Waals surface area (Å²) in [5, 5.41) is 3.21. The highest BCUT2D eigenvalue weighted by Gasteiger charge is 2.36. The summed E-state index contributed by atoms with van der Waals surface area (Å²) < 4.78 is 68.2. The molecule has 1 aliphatic rings. The number of halogens is 4. The molecule has 0 radical (unpaired) electrons. The average molecular weight is 504 g/mol. The Labute approximate surface area is 192 Å². The van der Waals surface area contributed by atoms with E-state index < -0.39 is 27.3 Å². The second-order valence-electron chi connectivity index (χ2n) is 7.79. The van der Waals surface area contributed by atoms with E-state index in [1.807, 2.05) is 0 Å². The maximum Gasteiger partial charge on any atom is 0.431 e. The average Bonchev–Trinajstić information content (AvgIpc) is 3.49. The van der Waals surface area contributed by atoms with Crippen molar-refractivity contribution in [2.24, 2.45) is 7.05 Å². The number of hydrogen-bond donors (Lipinski definition) is 1. The fourth-order valence-electron chi connectivity index (χ4n) is 3.63. The quantitative estimate of drug-likeness (QED) is 0.548. The molecule has 0 unspecified atom stereocenters. The van der Waals surface area contributed by atoms with Gasteiger partial charge in [-0.15, -0.1) is 0 Å². The first-order valence-electron chi connectivity index (χ1n) is 10.3. The number of aromatic nitrogens is 4. The van der Waals surface area contributed by atoms with Crippen molar-refractivity contribution >= 4 is 38.3 Å². The van der Waals surface area contributed by atoms with Crippen molar-refractivity contribution in [3.05, 3.63) is 33.2 Å². The van der Waals surface area contributed by atoms with Crippen molar-refractivity contribution < 1.29 is 21.6 Å². The molecule has 1 aliphatic carbocycles. The van der Waals surface area contributed by atoms with Gasteiger partial charge in [0, 0.05) is 19.6 Å². The molecule has 0 spiro atoms. The van der Waals surface area contributed by atoms with Gasteiger partial charge in [0.2, 0.25) is 0 Å². The van der Waals surface area contributed by atoms with Gasteiger partial charge in [-0.25, -0.2) is 18.4 Å². The lowest BCUT2D eigenvalue weighted by Gasteiger charge is -2.14. The number of fused-ring (bicyclic) bond motifs is 1. The summed E-state index contributed by atoms with van der Waals surface area (Å²) >= 11 is 6.28. The van der Waals surface area contributed by atoms with Gasteiger partial charge >= 0.3 is 6.18 Å². The summed E-state index contributed by atoms with van der Waals surface area (Å²) in [6.45, 7) is 2.68. The lowest BCUT2D eigenvalue weighted by atomic mass is 10.3. The van der Waals surface area contributed by atoms with Crippen LogP contribution < -0.4 is 10.9 Å². The molecule has 13 heteroatoms. The molecule has 1 N–H and O–H groups in total. The van der Waals surface area contributed by atoms with E-state index in [-0.39, 0.29) is 56.6 Å². The number of anilines is 1. The number of nitrogens with zero attached hydrogens (tertiary/aromatic N) is 4. The monoisotopic (exact) mass is 503 g/mol. The molecule has 0 saturated heterocycles. The van der Waals surface area contributed by atoms with E-state index in [1.165, 1.54) is 31.5 Å². The largest absolute Gasteiger partial charge is 0.431 e. The van der Waals surface area contributed by atoms with Crippen molar-refractivity contribution in [3.63, 3.8) is 0 Å². The first-order chi connectivity index (χ1) is 15.4. The van der Waals surface area contributed by atoms with E-state index in [0.717, 1.165) is 18.9 Å². The summed E-state index contributed by atoms with van der Waals surface area (Å²) in [6.07, 6.45) is -2.95. The SMILES string of the molecule is CCn1c(C(F)(F)F)cc2nc(-c3nc(NC4CC4)c(Cl)cc3S(=O)(=O)CC)n(C)c2c1=O. The third kappa shape index (κ3) is 4.10. The van der Waals surface area contributed by atoms with Gasteiger partial charge in [-0.3, -0.25) is 4.79 Å². The highest BCUT2D eigenvalue weighted by atomic mass is 35.5. The topological polar surface area (TPSA) is 98.9 Å². The molecule has 0 amide bonds.